The highest BCUT2D eigenvalue weighted by atomic mass is 16.4. The predicted molar refractivity (Wildman–Crippen MR) is 74.0 cm³/mol. The molecule has 0 bridgehead atoms. The first-order chi connectivity index (χ1) is 9.11. The van der Waals surface area contributed by atoms with Crippen molar-refractivity contribution in [3.05, 3.63) is 42.5 Å². The van der Waals surface area contributed by atoms with Gasteiger partial charge in [-0.2, -0.15) is 0 Å². The van der Waals surface area contributed by atoms with Crippen LogP contribution in [0.15, 0.2) is 42.5 Å². The fourth-order valence-electron chi connectivity index (χ4n) is 1.97. The molecule has 0 spiro atoms. The summed E-state index contributed by atoms with van der Waals surface area (Å²) in [6.45, 7) is 1.68. The minimum atomic E-state index is -1.10. The number of rotatable bonds is 4. The number of carboxylic acids is 1. The monoisotopic (exact) mass is 257 g/mol. The van der Waals surface area contributed by atoms with Crippen LogP contribution in [0.3, 0.4) is 0 Å². The Kier molecular flexibility index (Phi) is 3.80. The van der Waals surface area contributed by atoms with Crippen molar-refractivity contribution in [1.82, 2.24) is 0 Å². The quantitative estimate of drug-likeness (QED) is 0.828. The SMILES string of the molecule is CCC(C(=O)O)C(=O)Nc1ccc2ccccc2c1. The van der Waals surface area contributed by atoms with Gasteiger partial charge in [-0.25, -0.2) is 0 Å². The van der Waals surface area contributed by atoms with Crippen LogP contribution in [0.25, 0.3) is 10.8 Å². The maximum absolute atomic E-state index is 11.8. The third-order valence-electron chi connectivity index (χ3n) is 3.04. The fourth-order valence-corrected chi connectivity index (χ4v) is 1.97. The Bertz CT molecular complexity index is 622. The number of fused-ring (bicyclic) bond motifs is 1. The zero-order valence-electron chi connectivity index (χ0n) is 10.6. The molecular weight excluding hydrogens is 242 g/mol. The van der Waals surface area contributed by atoms with Gasteiger partial charge in [-0.05, 0) is 29.3 Å². The molecule has 4 nitrogen and oxygen atoms in total. The summed E-state index contributed by atoms with van der Waals surface area (Å²) in [5, 5.41) is 13.7. The molecule has 0 aliphatic rings. The van der Waals surface area contributed by atoms with Gasteiger partial charge in [0.15, 0.2) is 0 Å². The van der Waals surface area contributed by atoms with Crippen LogP contribution >= 0.6 is 0 Å². The smallest absolute Gasteiger partial charge is 0.316 e. The number of carboxylic acid groups (broad SMARTS) is 1. The van der Waals surface area contributed by atoms with Crippen LogP contribution < -0.4 is 5.32 Å². The molecule has 2 aromatic rings. The maximum Gasteiger partial charge on any atom is 0.316 e. The first kappa shape index (κ1) is 13.1. The molecule has 1 unspecified atom stereocenters. The summed E-state index contributed by atoms with van der Waals surface area (Å²) >= 11 is 0. The van der Waals surface area contributed by atoms with Crippen LogP contribution in [0.5, 0.6) is 0 Å². The van der Waals surface area contributed by atoms with E-state index in [-0.39, 0.29) is 6.42 Å². The summed E-state index contributed by atoms with van der Waals surface area (Å²) in [5.74, 6) is -2.59. The molecule has 0 aliphatic heterocycles. The van der Waals surface area contributed by atoms with Crippen molar-refractivity contribution < 1.29 is 14.7 Å². The van der Waals surface area contributed by atoms with Crippen LogP contribution in [0.1, 0.15) is 13.3 Å². The van der Waals surface area contributed by atoms with Gasteiger partial charge in [-0.3, -0.25) is 9.59 Å². The Hall–Kier alpha value is -2.36. The van der Waals surface area contributed by atoms with Crippen LogP contribution in [0.2, 0.25) is 0 Å². The van der Waals surface area contributed by atoms with Crippen LogP contribution in [0.4, 0.5) is 5.69 Å². The standard InChI is InChI=1S/C15H15NO3/c1-2-13(15(18)19)14(17)16-12-8-7-10-5-3-4-6-11(10)9-12/h3-9,13H,2H2,1H3,(H,16,17)(H,18,19). The van der Waals surface area contributed by atoms with Gasteiger partial charge in [-0.1, -0.05) is 37.3 Å². The number of amides is 1. The third kappa shape index (κ3) is 2.91. The highest BCUT2D eigenvalue weighted by Gasteiger charge is 2.23. The normalized spacial score (nSPS) is 12.1. The molecule has 98 valence electrons. The Morgan fingerprint density at radius 1 is 1.16 bits per heavy atom. The molecule has 1 amide bonds. The topological polar surface area (TPSA) is 66.4 Å². The van der Waals surface area contributed by atoms with Crippen molar-refractivity contribution in [2.45, 2.75) is 13.3 Å². The van der Waals surface area contributed by atoms with Crippen molar-refractivity contribution >= 4 is 28.3 Å². The first-order valence-electron chi connectivity index (χ1n) is 6.14. The zero-order chi connectivity index (χ0) is 13.8. The first-order valence-corrected chi connectivity index (χ1v) is 6.14. The summed E-state index contributed by atoms with van der Waals surface area (Å²) in [6.07, 6.45) is 0.273. The van der Waals surface area contributed by atoms with Gasteiger partial charge in [0.1, 0.15) is 5.92 Å². The zero-order valence-corrected chi connectivity index (χ0v) is 10.6. The predicted octanol–water partition coefficient (Wildman–Crippen LogP) is 2.89. The number of hydrogen-bond donors (Lipinski definition) is 2. The van der Waals surface area contributed by atoms with Crippen molar-refractivity contribution in [1.29, 1.82) is 0 Å². The summed E-state index contributed by atoms with van der Waals surface area (Å²) < 4.78 is 0. The van der Waals surface area contributed by atoms with Gasteiger partial charge in [0, 0.05) is 5.69 Å². The van der Waals surface area contributed by atoms with Crippen LogP contribution in [0, 0.1) is 5.92 Å². The second-order valence-corrected chi connectivity index (χ2v) is 4.35. The van der Waals surface area contributed by atoms with E-state index in [0.29, 0.717) is 5.69 Å². The average molecular weight is 257 g/mol. The van der Waals surface area contributed by atoms with E-state index in [1.807, 2.05) is 36.4 Å². The largest absolute Gasteiger partial charge is 0.481 e. The average Bonchev–Trinajstić information content (AvgIpc) is 2.39. The van der Waals surface area contributed by atoms with Gasteiger partial charge in [0.25, 0.3) is 0 Å². The van der Waals surface area contributed by atoms with Crippen molar-refractivity contribution in [2.75, 3.05) is 5.32 Å². The van der Waals surface area contributed by atoms with Crippen LogP contribution in [-0.4, -0.2) is 17.0 Å². The minimum absolute atomic E-state index is 0.273. The van der Waals surface area contributed by atoms with E-state index in [4.69, 9.17) is 5.11 Å². The summed E-state index contributed by atoms with van der Waals surface area (Å²) in [4.78, 5) is 22.7. The highest BCUT2D eigenvalue weighted by Crippen LogP contribution is 2.19. The molecule has 19 heavy (non-hydrogen) atoms. The van der Waals surface area contributed by atoms with E-state index in [0.717, 1.165) is 10.8 Å². The molecule has 2 aromatic carbocycles. The van der Waals surface area contributed by atoms with Gasteiger partial charge < -0.3 is 10.4 Å². The van der Waals surface area contributed by atoms with E-state index >= 15 is 0 Å². The molecule has 0 fully saturated rings. The van der Waals surface area contributed by atoms with E-state index in [1.54, 1.807) is 13.0 Å². The number of hydrogen-bond acceptors (Lipinski definition) is 2. The lowest BCUT2D eigenvalue weighted by Crippen LogP contribution is -2.28. The lowest BCUT2D eigenvalue weighted by Gasteiger charge is -2.11. The molecule has 1 atom stereocenters. The molecule has 4 heteroatoms. The number of nitrogens with one attached hydrogen (secondary N) is 1. The van der Waals surface area contributed by atoms with E-state index < -0.39 is 17.8 Å². The van der Waals surface area contributed by atoms with E-state index in [1.165, 1.54) is 0 Å². The van der Waals surface area contributed by atoms with Gasteiger partial charge in [0.2, 0.25) is 5.91 Å². The highest BCUT2D eigenvalue weighted by molar-refractivity contribution is 6.04. The Labute approximate surface area is 111 Å². The number of carbonyl (C=O) groups excluding carboxylic acids is 1. The van der Waals surface area contributed by atoms with E-state index in [2.05, 4.69) is 5.32 Å². The van der Waals surface area contributed by atoms with Gasteiger partial charge >= 0.3 is 5.97 Å². The molecule has 0 heterocycles. The summed E-state index contributed by atoms with van der Waals surface area (Å²) in [5.41, 5.74) is 0.614. The lowest BCUT2D eigenvalue weighted by atomic mass is 10.1. The second kappa shape index (κ2) is 5.52. The Morgan fingerprint density at radius 2 is 1.84 bits per heavy atom. The number of benzene rings is 2. The van der Waals surface area contributed by atoms with E-state index in [9.17, 15) is 9.59 Å². The van der Waals surface area contributed by atoms with Crippen molar-refractivity contribution in [3.63, 3.8) is 0 Å². The molecule has 0 radical (unpaired) electrons. The molecule has 0 aromatic heterocycles. The lowest BCUT2D eigenvalue weighted by molar-refractivity contribution is -0.145. The minimum Gasteiger partial charge on any atom is -0.481 e. The molecule has 2 N–H and O–H groups in total. The second-order valence-electron chi connectivity index (χ2n) is 4.35. The summed E-state index contributed by atoms with van der Waals surface area (Å²) in [7, 11) is 0. The number of anilines is 1. The van der Waals surface area contributed by atoms with Gasteiger partial charge in [0.05, 0.1) is 0 Å². The van der Waals surface area contributed by atoms with Gasteiger partial charge in [-0.15, -0.1) is 0 Å². The molecule has 0 saturated carbocycles. The molecule has 0 aliphatic carbocycles. The van der Waals surface area contributed by atoms with Crippen LogP contribution in [-0.2, 0) is 9.59 Å². The molecule has 0 saturated heterocycles. The van der Waals surface area contributed by atoms with Crippen molar-refractivity contribution in [2.24, 2.45) is 5.92 Å². The maximum atomic E-state index is 11.8. The summed E-state index contributed by atoms with van der Waals surface area (Å²) in [6, 6.07) is 13.3. The third-order valence-corrected chi connectivity index (χ3v) is 3.04. The molecule has 2 rings (SSSR count). The molecular formula is C15H15NO3. The van der Waals surface area contributed by atoms with Crippen molar-refractivity contribution in [3.8, 4) is 0 Å². The number of aliphatic carboxylic acids is 1. The Morgan fingerprint density at radius 3 is 2.47 bits per heavy atom. The fraction of sp³-hybridized carbons (Fsp3) is 0.200. The number of carbonyl (C=O) groups is 2. The Balaban J connectivity index is 2.21.